The lowest BCUT2D eigenvalue weighted by Gasteiger charge is -2.12. The average Bonchev–Trinajstić information content (AvgIpc) is 2.42. The number of halogens is 1. The number of nitrogen functional groups attached to an aromatic ring is 1. The van der Waals surface area contributed by atoms with E-state index in [1.165, 1.54) is 0 Å². The quantitative estimate of drug-likeness (QED) is 0.918. The molecule has 2 aromatic rings. The van der Waals surface area contributed by atoms with E-state index < -0.39 is 5.82 Å². The van der Waals surface area contributed by atoms with Crippen molar-refractivity contribution in [2.45, 2.75) is 20.5 Å². The Morgan fingerprint density at radius 2 is 2.00 bits per heavy atom. The Kier molecular flexibility index (Phi) is 3.97. The van der Waals surface area contributed by atoms with E-state index in [0.29, 0.717) is 5.69 Å². The van der Waals surface area contributed by atoms with Crippen LogP contribution in [-0.4, -0.2) is 22.1 Å². The van der Waals surface area contributed by atoms with Gasteiger partial charge < -0.3 is 15.2 Å². The van der Waals surface area contributed by atoms with Crippen LogP contribution in [0.3, 0.4) is 0 Å². The fourth-order valence-electron chi connectivity index (χ4n) is 1.78. The Labute approximate surface area is 115 Å². The molecule has 0 unspecified atom stereocenters. The fourth-order valence-corrected chi connectivity index (χ4v) is 1.78. The van der Waals surface area contributed by atoms with E-state index in [-0.39, 0.29) is 18.4 Å². The predicted molar refractivity (Wildman–Crippen MR) is 71.0 cm³/mol. The van der Waals surface area contributed by atoms with Gasteiger partial charge in [0.25, 0.3) is 0 Å². The van der Waals surface area contributed by atoms with Crippen molar-refractivity contribution in [3.05, 3.63) is 35.0 Å². The summed E-state index contributed by atoms with van der Waals surface area (Å²) in [6.07, 6.45) is 2.66. The number of pyridine rings is 1. The average molecular weight is 278 g/mol. The monoisotopic (exact) mass is 278 g/mol. The first-order valence-corrected chi connectivity index (χ1v) is 5.92. The number of nitrogens with zero attached hydrogens (tertiary/aromatic N) is 3. The van der Waals surface area contributed by atoms with Crippen LogP contribution in [0.25, 0.3) is 0 Å². The van der Waals surface area contributed by atoms with Crippen LogP contribution in [0, 0.1) is 19.7 Å². The lowest BCUT2D eigenvalue weighted by atomic mass is 10.1. The Hall–Kier alpha value is -2.44. The van der Waals surface area contributed by atoms with E-state index >= 15 is 0 Å². The molecule has 0 bridgehead atoms. The highest BCUT2D eigenvalue weighted by Crippen LogP contribution is 2.24. The number of hydrogen-bond acceptors (Lipinski definition) is 6. The lowest BCUT2D eigenvalue weighted by molar-refractivity contribution is 0.273. The minimum Gasteiger partial charge on any atom is -0.496 e. The van der Waals surface area contributed by atoms with E-state index in [4.69, 9.17) is 15.2 Å². The first kappa shape index (κ1) is 14.0. The van der Waals surface area contributed by atoms with Gasteiger partial charge in [-0.05, 0) is 13.8 Å². The van der Waals surface area contributed by atoms with Crippen LogP contribution in [0.4, 0.5) is 10.2 Å². The van der Waals surface area contributed by atoms with Crippen molar-refractivity contribution in [3.8, 4) is 11.8 Å². The Balaban J connectivity index is 2.16. The summed E-state index contributed by atoms with van der Waals surface area (Å²) >= 11 is 0. The zero-order valence-corrected chi connectivity index (χ0v) is 11.5. The minimum atomic E-state index is -0.677. The number of aryl methyl sites for hydroxylation is 1. The van der Waals surface area contributed by atoms with Crippen LogP contribution < -0.4 is 15.2 Å². The zero-order valence-electron chi connectivity index (χ0n) is 11.5. The van der Waals surface area contributed by atoms with Gasteiger partial charge in [-0.15, -0.1) is 0 Å². The van der Waals surface area contributed by atoms with Gasteiger partial charge in [-0.2, -0.15) is 4.98 Å². The van der Waals surface area contributed by atoms with E-state index in [9.17, 15) is 4.39 Å². The maximum Gasteiger partial charge on any atom is 0.318 e. The number of nitrogens with two attached hydrogens (primary N) is 1. The van der Waals surface area contributed by atoms with E-state index in [0.717, 1.165) is 23.1 Å². The lowest BCUT2D eigenvalue weighted by Crippen LogP contribution is -2.07. The number of methoxy groups -OCH3 is 1. The summed E-state index contributed by atoms with van der Waals surface area (Å²) in [5, 5.41) is 0. The third-order valence-corrected chi connectivity index (χ3v) is 2.84. The third-order valence-electron chi connectivity index (χ3n) is 2.84. The van der Waals surface area contributed by atoms with Crippen LogP contribution in [0.1, 0.15) is 16.8 Å². The van der Waals surface area contributed by atoms with Gasteiger partial charge in [-0.25, -0.2) is 9.37 Å². The summed E-state index contributed by atoms with van der Waals surface area (Å²) in [6.45, 7) is 3.94. The highest BCUT2D eigenvalue weighted by Gasteiger charge is 2.11. The molecule has 2 N–H and O–H groups in total. The van der Waals surface area contributed by atoms with Gasteiger partial charge in [-0.3, -0.25) is 4.98 Å². The second-order valence-corrected chi connectivity index (χ2v) is 4.22. The second kappa shape index (κ2) is 5.68. The number of aromatic nitrogens is 3. The van der Waals surface area contributed by atoms with Crippen molar-refractivity contribution in [3.63, 3.8) is 0 Å². The number of ether oxygens (including phenoxy) is 2. The summed E-state index contributed by atoms with van der Waals surface area (Å²) in [6, 6.07) is 0.00430. The van der Waals surface area contributed by atoms with Crippen LogP contribution in [0.2, 0.25) is 0 Å². The molecule has 2 heterocycles. The number of rotatable bonds is 4. The molecule has 0 aliphatic heterocycles. The molecule has 0 fully saturated rings. The largest absolute Gasteiger partial charge is 0.496 e. The SMILES string of the molecule is COc1c(C)cnc(COc2ncc(F)c(N)n2)c1C. The molecular weight excluding hydrogens is 263 g/mol. The van der Waals surface area contributed by atoms with E-state index in [2.05, 4.69) is 15.0 Å². The van der Waals surface area contributed by atoms with Gasteiger partial charge >= 0.3 is 6.01 Å². The van der Waals surface area contributed by atoms with Gasteiger partial charge in [0.05, 0.1) is 19.0 Å². The maximum atomic E-state index is 12.9. The maximum absolute atomic E-state index is 12.9. The molecule has 0 aliphatic carbocycles. The Morgan fingerprint density at radius 1 is 1.25 bits per heavy atom. The molecule has 0 spiro atoms. The third kappa shape index (κ3) is 2.76. The van der Waals surface area contributed by atoms with Crippen LogP contribution in [0.5, 0.6) is 11.8 Å². The fraction of sp³-hybridized carbons (Fsp3) is 0.308. The second-order valence-electron chi connectivity index (χ2n) is 4.22. The Morgan fingerprint density at radius 3 is 2.65 bits per heavy atom. The highest BCUT2D eigenvalue weighted by atomic mass is 19.1. The van der Waals surface area contributed by atoms with Crippen molar-refractivity contribution < 1.29 is 13.9 Å². The molecular formula is C13H15FN4O2. The van der Waals surface area contributed by atoms with Crippen molar-refractivity contribution in [2.75, 3.05) is 12.8 Å². The van der Waals surface area contributed by atoms with E-state index in [1.807, 2.05) is 13.8 Å². The summed E-state index contributed by atoms with van der Waals surface area (Å²) in [5.74, 6) is -0.164. The Bertz CT molecular complexity index is 634. The first-order chi connectivity index (χ1) is 9.52. The molecule has 2 aromatic heterocycles. The van der Waals surface area contributed by atoms with Crippen molar-refractivity contribution in [1.29, 1.82) is 0 Å². The molecule has 2 rings (SSSR count). The van der Waals surface area contributed by atoms with Gasteiger partial charge in [0.1, 0.15) is 12.4 Å². The molecule has 20 heavy (non-hydrogen) atoms. The van der Waals surface area contributed by atoms with Crippen LogP contribution in [-0.2, 0) is 6.61 Å². The molecule has 6 nitrogen and oxygen atoms in total. The van der Waals surface area contributed by atoms with Gasteiger partial charge in [0.2, 0.25) is 0 Å². The molecule has 106 valence electrons. The normalized spacial score (nSPS) is 10.4. The zero-order chi connectivity index (χ0) is 14.7. The molecule has 0 atom stereocenters. The summed E-state index contributed by atoms with van der Waals surface area (Å²) < 4.78 is 23.6. The highest BCUT2D eigenvalue weighted by molar-refractivity contribution is 5.41. The van der Waals surface area contributed by atoms with Crippen LogP contribution >= 0.6 is 0 Å². The molecule has 0 saturated heterocycles. The van der Waals surface area contributed by atoms with Crippen molar-refractivity contribution >= 4 is 5.82 Å². The van der Waals surface area contributed by atoms with E-state index in [1.54, 1.807) is 13.3 Å². The van der Waals surface area contributed by atoms with Gasteiger partial charge in [0.15, 0.2) is 11.6 Å². The molecule has 0 amide bonds. The molecule has 0 aromatic carbocycles. The number of anilines is 1. The van der Waals surface area contributed by atoms with Gasteiger partial charge in [0, 0.05) is 17.3 Å². The standard InChI is InChI=1S/C13H15FN4O2/c1-7-4-16-10(8(2)11(7)19-3)6-20-13-17-5-9(14)12(15)18-13/h4-5H,6H2,1-3H3,(H2,15,17,18). The first-order valence-electron chi connectivity index (χ1n) is 5.92. The predicted octanol–water partition coefficient (Wildman–Crippen LogP) is 1.80. The molecule has 0 saturated carbocycles. The summed E-state index contributed by atoms with van der Waals surface area (Å²) in [5.41, 5.74) is 7.85. The molecule has 7 heteroatoms. The molecule has 0 radical (unpaired) electrons. The molecule has 0 aliphatic rings. The summed E-state index contributed by atoms with van der Waals surface area (Å²) in [7, 11) is 1.60. The smallest absolute Gasteiger partial charge is 0.318 e. The minimum absolute atomic E-state index is 0.00430. The van der Waals surface area contributed by atoms with Gasteiger partial charge in [-0.1, -0.05) is 0 Å². The topological polar surface area (TPSA) is 83.2 Å². The van der Waals surface area contributed by atoms with Crippen molar-refractivity contribution in [1.82, 2.24) is 15.0 Å². The number of hydrogen-bond donors (Lipinski definition) is 1. The van der Waals surface area contributed by atoms with Crippen molar-refractivity contribution in [2.24, 2.45) is 0 Å². The summed E-state index contributed by atoms with van der Waals surface area (Å²) in [4.78, 5) is 11.7. The van der Waals surface area contributed by atoms with Crippen LogP contribution in [0.15, 0.2) is 12.4 Å².